The molecule has 0 aromatic carbocycles. The van der Waals surface area contributed by atoms with Gasteiger partial charge in [-0.25, -0.2) is 0 Å². The van der Waals surface area contributed by atoms with Gasteiger partial charge in [0.1, 0.15) is 0 Å². The fourth-order valence-electron chi connectivity index (χ4n) is 2.00. The van der Waals surface area contributed by atoms with Crippen molar-refractivity contribution < 1.29 is 12.3 Å². The molecule has 0 radical (unpaired) electrons. The van der Waals surface area contributed by atoms with E-state index < -0.39 is 15.0 Å². The van der Waals surface area contributed by atoms with Crippen LogP contribution in [0.5, 0.6) is 0 Å². The van der Waals surface area contributed by atoms with Crippen LogP contribution in [0.25, 0.3) is 0 Å². The van der Waals surface area contributed by atoms with Crippen molar-refractivity contribution in [3.05, 3.63) is 0 Å². The van der Waals surface area contributed by atoms with Crippen LogP contribution in [-0.2, 0) is 10.2 Å². The Bertz CT molecular complexity index is 263. The number of halogens is 1. The highest BCUT2D eigenvalue weighted by atomic mass is 32.3. The Hall–Kier alpha value is -0.120. The Morgan fingerprint density at radius 1 is 1.15 bits per heavy atom. The van der Waals surface area contributed by atoms with Crippen molar-refractivity contribution in [3.63, 3.8) is 0 Å². The van der Waals surface area contributed by atoms with E-state index in [-0.39, 0.29) is 5.92 Å². The zero-order valence-corrected chi connectivity index (χ0v) is 9.03. The Morgan fingerprint density at radius 3 is 2.00 bits per heavy atom. The van der Waals surface area contributed by atoms with E-state index in [0.29, 0.717) is 0 Å². The minimum Gasteiger partial charge on any atom is -0.194 e. The highest BCUT2D eigenvalue weighted by Crippen LogP contribution is 2.37. The molecule has 0 aromatic rings. The van der Waals surface area contributed by atoms with Crippen LogP contribution in [0, 0.1) is 5.92 Å². The first-order valence-electron chi connectivity index (χ1n) is 4.80. The zero-order chi connectivity index (χ0) is 10.1. The summed E-state index contributed by atoms with van der Waals surface area (Å²) in [6, 6.07) is 0. The summed E-state index contributed by atoms with van der Waals surface area (Å²) in [6.45, 7) is 3.00. The van der Waals surface area contributed by atoms with Crippen LogP contribution in [0.3, 0.4) is 0 Å². The summed E-state index contributed by atoms with van der Waals surface area (Å²) in [5.74, 6) is -0.00347. The average Bonchev–Trinajstić information content (AvgIpc) is 2.04. The fourth-order valence-corrected chi connectivity index (χ4v) is 2.63. The monoisotopic (exact) mass is 208 g/mol. The Balaban J connectivity index is 2.79. The van der Waals surface area contributed by atoms with Gasteiger partial charge in [0.05, 0.1) is 4.75 Å². The van der Waals surface area contributed by atoms with Gasteiger partial charge in [0.25, 0.3) is 0 Å². The summed E-state index contributed by atoms with van der Waals surface area (Å²) < 4.78 is 33.5. The van der Waals surface area contributed by atoms with Gasteiger partial charge in [-0.05, 0) is 32.6 Å². The summed E-state index contributed by atoms with van der Waals surface area (Å²) in [6.07, 6.45) is 4.90. The lowest BCUT2D eigenvalue weighted by Gasteiger charge is -2.33. The maximum Gasteiger partial charge on any atom is 0.307 e. The molecule has 0 unspecified atom stereocenters. The third-order valence-electron chi connectivity index (χ3n) is 3.22. The van der Waals surface area contributed by atoms with E-state index in [1.807, 2.05) is 0 Å². The number of hydrogen-bond acceptors (Lipinski definition) is 2. The number of hydrogen-bond donors (Lipinski definition) is 0. The second-order valence-corrected chi connectivity index (χ2v) is 6.30. The van der Waals surface area contributed by atoms with Crippen LogP contribution in [0.1, 0.15) is 46.0 Å². The molecule has 1 aliphatic carbocycles. The van der Waals surface area contributed by atoms with E-state index >= 15 is 0 Å². The lowest BCUT2D eigenvalue weighted by Crippen LogP contribution is -2.38. The van der Waals surface area contributed by atoms with Gasteiger partial charge >= 0.3 is 10.2 Å². The normalized spacial score (nSPS) is 21.8. The minimum atomic E-state index is -4.40. The van der Waals surface area contributed by atoms with Crippen molar-refractivity contribution >= 4 is 10.2 Å². The van der Waals surface area contributed by atoms with E-state index in [1.165, 1.54) is 13.8 Å². The first-order valence-corrected chi connectivity index (χ1v) is 6.18. The first kappa shape index (κ1) is 11.0. The van der Waals surface area contributed by atoms with Crippen molar-refractivity contribution in [2.45, 2.75) is 50.7 Å². The molecular formula is C9H17FO2S. The van der Waals surface area contributed by atoms with Crippen LogP contribution in [0.15, 0.2) is 0 Å². The van der Waals surface area contributed by atoms with E-state index in [2.05, 4.69) is 0 Å². The highest BCUT2D eigenvalue weighted by Gasteiger charge is 2.42. The molecule has 1 saturated carbocycles. The summed E-state index contributed by atoms with van der Waals surface area (Å²) in [5.41, 5.74) is 0. The first-order chi connectivity index (χ1) is 5.86. The quantitative estimate of drug-likeness (QED) is 0.654. The van der Waals surface area contributed by atoms with Crippen LogP contribution >= 0.6 is 0 Å². The minimum absolute atomic E-state index is 0.00347. The van der Waals surface area contributed by atoms with Gasteiger partial charge in [-0.1, -0.05) is 19.3 Å². The van der Waals surface area contributed by atoms with Gasteiger partial charge in [0.15, 0.2) is 0 Å². The predicted molar refractivity (Wildman–Crippen MR) is 50.7 cm³/mol. The van der Waals surface area contributed by atoms with Crippen molar-refractivity contribution in [1.82, 2.24) is 0 Å². The van der Waals surface area contributed by atoms with E-state index in [0.717, 1.165) is 32.1 Å². The van der Waals surface area contributed by atoms with Crippen LogP contribution < -0.4 is 0 Å². The summed E-state index contributed by atoms with van der Waals surface area (Å²) in [4.78, 5) is 0. The smallest absolute Gasteiger partial charge is 0.194 e. The lowest BCUT2D eigenvalue weighted by molar-refractivity contribution is 0.286. The summed E-state index contributed by atoms with van der Waals surface area (Å²) >= 11 is 0. The molecule has 1 fully saturated rings. The van der Waals surface area contributed by atoms with E-state index in [4.69, 9.17) is 0 Å². The van der Waals surface area contributed by atoms with Gasteiger partial charge in [0.2, 0.25) is 0 Å². The SMILES string of the molecule is CC(C)(C1CCCCC1)S(=O)(=O)F. The van der Waals surface area contributed by atoms with Gasteiger partial charge in [0, 0.05) is 0 Å². The predicted octanol–water partition coefficient (Wildman–Crippen LogP) is 2.64. The molecule has 0 N–H and O–H groups in total. The molecule has 0 amide bonds. The summed E-state index contributed by atoms with van der Waals surface area (Å²) in [7, 11) is -4.40. The maximum atomic E-state index is 12.9. The van der Waals surface area contributed by atoms with Crippen molar-refractivity contribution in [1.29, 1.82) is 0 Å². The lowest BCUT2D eigenvalue weighted by atomic mass is 9.81. The van der Waals surface area contributed by atoms with Crippen LogP contribution in [0.4, 0.5) is 3.89 Å². The average molecular weight is 208 g/mol. The van der Waals surface area contributed by atoms with Gasteiger partial charge in [-0.3, -0.25) is 0 Å². The largest absolute Gasteiger partial charge is 0.307 e. The third kappa shape index (κ3) is 2.22. The molecule has 13 heavy (non-hydrogen) atoms. The molecule has 0 spiro atoms. The molecule has 2 nitrogen and oxygen atoms in total. The second-order valence-electron chi connectivity index (χ2n) is 4.38. The third-order valence-corrected chi connectivity index (χ3v) is 4.81. The highest BCUT2D eigenvalue weighted by molar-refractivity contribution is 7.87. The molecular weight excluding hydrogens is 191 g/mol. The van der Waals surface area contributed by atoms with Crippen LogP contribution in [0.2, 0.25) is 0 Å². The molecule has 0 aliphatic heterocycles. The molecule has 0 heterocycles. The van der Waals surface area contributed by atoms with Gasteiger partial charge < -0.3 is 0 Å². The van der Waals surface area contributed by atoms with E-state index in [9.17, 15) is 12.3 Å². The van der Waals surface area contributed by atoms with Crippen LogP contribution in [-0.4, -0.2) is 13.2 Å². The van der Waals surface area contributed by atoms with Gasteiger partial charge in [-0.15, -0.1) is 3.89 Å². The summed E-state index contributed by atoms with van der Waals surface area (Å²) in [5, 5.41) is 0. The molecule has 1 aliphatic rings. The van der Waals surface area contributed by atoms with E-state index in [1.54, 1.807) is 0 Å². The topological polar surface area (TPSA) is 34.1 Å². The maximum absolute atomic E-state index is 12.9. The Morgan fingerprint density at radius 2 is 1.62 bits per heavy atom. The van der Waals surface area contributed by atoms with Gasteiger partial charge in [-0.2, -0.15) is 8.42 Å². The Kier molecular flexibility index (Phi) is 3.00. The van der Waals surface area contributed by atoms with Crippen molar-refractivity contribution in [2.24, 2.45) is 5.92 Å². The van der Waals surface area contributed by atoms with Crippen molar-refractivity contribution in [2.75, 3.05) is 0 Å². The Labute approximate surface area is 79.7 Å². The second kappa shape index (κ2) is 3.56. The molecule has 0 atom stereocenters. The molecule has 0 saturated heterocycles. The molecule has 0 bridgehead atoms. The van der Waals surface area contributed by atoms with Crippen molar-refractivity contribution in [3.8, 4) is 0 Å². The zero-order valence-electron chi connectivity index (χ0n) is 8.22. The molecule has 78 valence electrons. The number of rotatable bonds is 2. The standard InChI is InChI=1S/C9H17FO2S/c1-9(2,13(10,11)12)8-6-4-3-5-7-8/h8H,3-7H2,1-2H3. The fraction of sp³-hybridized carbons (Fsp3) is 1.00. The molecule has 0 aromatic heterocycles. The molecule has 4 heteroatoms. The molecule has 1 rings (SSSR count).